The first-order valence-corrected chi connectivity index (χ1v) is 4.69. The highest BCUT2D eigenvalue weighted by atomic mass is 16.6. The van der Waals surface area contributed by atoms with E-state index in [1.165, 1.54) is 7.11 Å². The number of hydrogen-bond acceptors (Lipinski definition) is 4. The smallest absolute Gasteiger partial charge is 0.309 e. The Morgan fingerprint density at radius 3 is 2.77 bits per heavy atom. The van der Waals surface area contributed by atoms with Gasteiger partial charge in [0.1, 0.15) is 0 Å². The lowest BCUT2D eigenvalue weighted by molar-refractivity contribution is -0.149. The highest BCUT2D eigenvalue weighted by Crippen LogP contribution is 2.30. The fourth-order valence-corrected chi connectivity index (χ4v) is 1.99. The second-order valence-corrected chi connectivity index (χ2v) is 3.51. The second-order valence-electron chi connectivity index (χ2n) is 3.51. The largest absolute Gasteiger partial charge is 0.469 e. The highest BCUT2D eigenvalue weighted by Gasteiger charge is 2.31. The third kappa shape index (κ3) is 2.67. The Bertz CT molecular complexity index is 170. The molecule has 13 heavy (non-hydrogen) atoms. The molecular weight excluding hydrogens is 170 g/mol. The van der Waals surface area contributed by atoms with Crippen LogP contribution in [-0.4, -0.2) is 19.7 Å². The first kappa shape index (κ1) is 10.5. The Labute approximate surface area is 78.3 Å². The van der Waals surface area contributed by atoms with E-state index in [0.29, 0.717) is 6.61 Å². The predicted molar refractivity (Wildman–Crippen MR) is 47.6 cm³/mol. The van der Waals surface area contributed by atoms with Crippen molar-refractivity contribution in [1.29, 1.82) is 0 Å². The highest BCUT2D eigenvalue weighted by molar-refractivity contribution is 5.72. The molecule has 0 saturated heterocycles. The van der Waals surface area contributed by atoms with E-state index in [9.17, 15) is 4.79 Å². The second kappa shape index (κ2) is 5.19. The Morgan fingerprint density at radius 2 is 2.15 bits per heavy atom. The molecule has 2 N–H and O–H groups in total. The van der Waals surface area contributed by atoms with E-state index in [-0.39, 0.29) is 17.8 Å². The summed E-state index contributed by atoms with van der Waals surface area (Å²) < 4.78 is 4.73. The summed E-state index contributed by atoms with van der Waals surface area (Å²) in [6.07, 6.45) is 4.17. The fraction of sp³-hybridized carbons (Fsp3) is 0.889. The molecule has 1 saturated carbocycles. The number of carbonyl (C=O) groups is 1. The zero-order chi connectivity index (χ0) is 9.68. The number of methoxy groups -OCH3 is 1. The summed E-state index contributed by atoms with van der Waals surface area (Å²) >= 11 is 0. The molecule has 2 unspecified atom stereocenters. The molecule has 4 heteroatoms. The number of carbonyl (C=O) groups excluding carboxylic acids is 1. The molecular formula is C9H17NO3. The van der Waals surface area contributed by atoms with Gasteiger partial charge >= 0.3 is 5.97 Å². The number of esters is 1. The van der Waals surface area contributed by atoms with Crippen LogP contribution >= 0.6 is 0 Å². The molecule has 1 aliphatic rings. The van der Waals surface area contributed by atoms with Crippen molar-refractivity contribution in [2.45, 2.75) is 25.7 Å². The first-order chi connectivity index (χ1) is 6.29. The van der Waals surface area contributed by atoms with Gasteiger partial charge in [-0.15, -0.1) is 0 Å². The average Bonchev–Trinajstić information content (AvgIpc) is 2.18. The summed E-state index contributed by atoms with van der Waals surface area (Å²) in [6.45, 7) is 0.458. The molecule has 0 aromatic heterocycles. The molecule has 1 aliphatic carbocycles. The first-order valence-electron chi connectivity index (χ1n) is 4.69. The van der Waals surface area contributed by atoms with E-state index in [0.717, 1.165) is 25.7 Å². The van der Waals surface area contributed by atoms with E-state index in [1.54, 1.807) is 0 Å². The monoisotopic (exact) mass is 187 g/mol. The van der Waals surface area contributed by atoms with Crippen molar-refractivity contribution in [3.8, 4) is 0 Å². The van der Waals surface area contributed by atoms with Crippen LogP contribution in [0.1, 0.15) is 25.7 Å². The minimum Gasteiger partial charge on any atom is -0.469 e. The van der Waals surface area contributed by atoms with E-state index in [2.05, 4.69) is 4.84 Å². The minimum atomic E-state index is -0.123. The number of ether oxygens (including phenoxy) is 1. The van der Waals surface area contributed by atoms with E-state index in [4.69, 9.17) is 10.6 Å². The Hall–Kier alpha value is -0.610. The van der Waals surface area contributed by atoms with Gasteiger partial charge in [0.2, 0.25) is 0 Å². The van der Waals surface area contributed by atoms with Crippen molar-refractivity contribution >= 4 is 5.97 Å². The summed E-state index contributed by atoms with van der Waals surface area (Å²) in [7, 11) is 1.43. The van der Waals surface area contributed by atoms with Crippen LogP contribution < -0.4 is 5.90 Å². The van der Waals surface area contributed by atoms with E-state index >= 15 is 0 Å². The van der Waals surface area contributed by atoms with Crippen molar-refractivity contribution in [1.82, 2.24) is 0 Å². The molecule has 76 valence electrons. The van der Waals surface area contributed by atoms with E-state index < -0.39 is 0 Å². The van der Waals surface area contributed by atoms with Crippen LogP contribution in [0.5, 0.6) is 0 Å². The van der Waals surface area contributed by atoms with Crippen LogP contribution in [0.15, 0.2) is 0 Å². The normalized spacial score (nSPS) is 28.5. The zero-order valence-corrected chi connectivity index (χ0v) is 7.99. The summed E-state index contributed by atoms with van der Waals surface area (Å²) in [4.78, 5) is 15.9. The number of hydrogen-bond donors (Lipinski definition) is 1. The lowest BCUT2D eigenvalue weighted by atomic mass is 9.80. The Morgan fingerprint density at radius 1 is 1.46 bits per heavy atom. The molecule has 0 aliphatic heterocycles. The number of rotatable bonds is 3. The quantitative estimate of drug-likeness (QED) is 0.525. The number of nitrogens with two attached hydrogens (primary N) is 1. The van der Waals surface area contributed by atoms with Gasteiger partial charge in [0, 0.05) is 0 Å². The van der Waals surface area contributed by atoms with Gasteiger partial charge in [-0.2, -0.15) is 0 Å². The van der Waals surface area contributed by atoms with Crippen molar-refractivity contribution in [2.75, 3.05) is 13.7 Å². The molecule has 0 amide bonds. The summed E-state index contributed by atoms with van der Waals surface area (Å²) in [5, 5.41) is 0. The minimum absolute atomic E-state index is 0.0118. The lowest BCUT2D eigenvalue weighted by Gasteiger charge is -2.28. The van der Waals surface area contributed by atoms with Gasteiger partial charge in [0.25, 0.3) is 0 Å². The summed E-state index contributed by atoms with van der Waals surface area (Å²) in [5.41, 5.74) is 0. The Balaban J connectivity index is 2.50. The lowest BCUT2D eigenvalue weighted by Crippen LogP contribution is -2.31. The van der Waals surface area contributed by atoms with Gasteiger partial charge in [-0.25, -0.2) is 5.90 Å². The fourth-order valence-electron chi connectivity index (χ4n) is 1.99. The molecule has 1 rings (SSSR count). The van der Waals surface area contributed by atoms with Gasteiger partial charge in [-0.3, -0.25) is 4.79 Å². The third-order valence-corrected chi connectivity index (χ3v) is 2.72. The maximum Gasteiger partial charge on any atom is 0.309 e. The van der Waals surface area contributed by atoms with Gasteiger partial charge in [-0.05, 0) is 18.8 Å². The zero-order valence-electron chi connectivity index (χ0n) is 7.99. The Kier molecular flexibility index (Phi) is 4.18. The maximum absolute atomic E-state index is 11.3. The molecule has 0 spiro atoms. The molecule has 4 nitrogen and oxygen atoms in total. The van der Waals surface area contributed by atoms with Gasteiger partial charge in [0.15, 0.2) is 0 Å². The SMILES string of the molecule is COC(=O)C1CCCCC1CON. The predicted octanol–water partition coefficient (Wildman–Crippen LogP) is 0.856. The van der Waals surface area contributed by atoms with Crippen LogP contribution in [0.3, 0.4) is 0 Å². The van der Waals surface area contributed by atoms with Crippen molar-refractivity contribution in [3.63, 3.8) is 0 Å². The summed E-state index contributed by atoms with van der Waals surface area (Å²) in [6, 6.07) is 0. The molecule has 0 aromatic carbocycles. The molecule has 0 bridgehead atoms. The van der Waals surface area contributed by atoms with Crippen LogP contribution in [0.4, 0.5) is 0 Å². The molecule has 2 atom stereocenters. The van der Waals surface area contributed by atoms with Gasteiger partial charge < -0.3 is 9.57 Å². The van der Waals surface area contributed by atoms with Crippen LogP contribution in [0.2, 0.25) is 0 Å². The van der Waals surface area contributed by atoms with E-state index in [1.807, 2.05) is 0 Å². The van der Waals surface area contributed by atoms with Crippen molar-refractivity contribution in [2.24, 2.45) is 17.7 Å². The third-order valence-electron chi connectivity index (χ3n) is 2.72. The molecule has 0 radical (unpaired) electrons. The van der Waals surface area contributed by atoms with Crippen molar-refractivity contribution in [3.05, 3.63) is 0 Å². The van der Waals surface area contributed by atoms with Crippen LogP contribution in [-0.2, 0) is 14.4 Å². The standard InChI is InChI=1S/C9H17NO3/c1-12-9(11)8-5-3-2-4-7(8)6-13-10/h7-8H,2-6,10H2,1H3. The van der Waals surface area contributed by atoms with Gasteiger partial charge in [0.05, 0.1) is 19.6 Å². The average molecular weight is 187 g/mol. The molecule has 0 aromatic rings. The van der Waals surface area contributed by atoms with Crippen molar-refractivity contribution < 1.29 is 14.4 Å². The van der Waals surface area contributed by atoms with Crippen LogP contribution in [0, 0.1) is 11.8 Å². The molecule has 0 heterocycles. The summed E-state index contributed by atoms with van der Waals surface area (Å²) in [5.74, 6) is 5.12. The molecule has 1 fully saturated rings. The maximum atomic E-state index is 11.3. The van der Waals surface area contributed by atoms with Crippen LogP contribution in [0.25, 0.3) is 0 Å². The topological polar surface area (TPSA) is 61.5 Å². The van der Waals surface area contributed by atoms with Gasteiger partial charge in [-0.1, -0.05) is 12.8 Å².